The van der Waals surface area contributed by atoms with E-state index in [-0.39, 0.29) is 36.3 Å². The summed E-state index contributed by atoms with van der Waals surface area (Å²) < 4.78 is 0. The van der Waals surface area contributed by atoms with Gasteiger partial charge in [-0.3, -0.25) is 9.69 Å². The first-order chi connectivity index (χ1) is 11.6. The van der Waals surface area contributed by atoms with Gasteiger partial charge in [0.1, 0.15) is 0 Å². The Morgan fingerprint density at radius 2 is 1.76 bits per heavy atom. The third-order valence-electron chi connectivity index (χ3n) is 4.95. The maximum atomic E-state index is 12.6. The van der Waals surface area contributed by atoms with Crippen LogP contribution in [0.1, 0.15) is 24.0 Å². The third-order valence-corrected chi connectivity index (χ3v) is 4.95. The van der Waals surface area contributed by atoms with Crippen molar-refractivity contribution in [1.82, 2.24) is 4.90 Å². The van der Waals surface area contributed by atoms with E-state index in [2.05, 4.69) is 22.3 Å². The fourth-order valence-corrected chi connectivity index (χ4v) is 3.35. The van der Waals surface area contributed by atoms with Gasteiger partial charge in [-0.1, -0.05) is 48.5 Å². The van der Waals surface area contributed by atoms with E-state index in [1.165, 1.54) is 5.56 Å². The number of nitrogens with two attached hydrogens (primary N) is 1. The number of hydrogen-bond acceptors (Lipinski definition) is 3. The molecule has 2 aromatic carbocycles. The van der Waals surface area contributed by atoms with Gasteiger partial charge in [-0.05, 0) is 31.0 Å². The van der Waals surface area contributed by atoms with E-state index < -0.39 is 0 Å². The molecule has 25 heavy (non-hydrogen) atoms. The molecule has 0 radical (unpaired) electrons. The highest BCUT2D eigenvalue weighted by Crippen LogP contribution is 2.28. The van der Waals surface area contributed by atoms with Gasteiger partial charge in [0.2, 0.25) is 5.91 Å². The summed E-state index contributed by atoms with van der Waals surface area (Å²) in [5.41, 5.74) is 9.53. The number of rotatable bonds is 4. The Morgan fingerprint density at radius 3 is 2.44 bits per heavy atom. The largest absolute Gasteiger partial charge is 0.326 e. The van der Waals surface area contributed by atoms with Crippen molar-refractivity contribution < 1.29 is 4.79 Å². The van der Waals surface area contributed by atoms with E-state index in [1.54, 1.807) is 0 Å². The van der Waals surface area contributed by atoms with Gasteiger partial charge in [-0.15, -0.1) is 12.4 Å². The number of carbonyl (C=O) groups excluding carboxylic acids is 1. The lowest BCUT2D eigenvalue weighted by Crippen LogP contribution is -2.41. The lowest BCUT2D eigenvalue weighted by molar-refractivity contribution is -0.120. The van der Waals surface area contributed by atoms with Gasteiger partial charge in [0.15, 0.2) is 0 Å². The summed E-state index contributed by atoms with van der Waals surface area (Å²) in [4.78, 5) is 14.8. The number of hydrogen-bond donors (Lipinski definition) is 2. The van der Waals surface area contributed by atoms with Crippen molar-refractivity contribution in [3.63, 3.8) is 0 Å². The zero-order valence-electron chi connectivity index (χ0n) is 14.7. The lowest BCUT2D eigenvalue weighted by Gasteiger charge is -2.23. The smallest absolute Gasteiger partial charge is 0.241 e. The summed E-state index contributed by atoms with van der Waals surface area (Å²) in [6.45, 7) is 5.50. The Kier molecular flexibility index (Phi) is 6.59. The van der Waals surface area contributed by atoms with Gasteiger partial charge in [-0.25, -0.2) is 0 Å². The molecule has 134 valence electrons. The average Bonchev–Trinajstić information content (AvgIpc) is 2.98. The fraction of sp³-hybridized carbons (Fsp3) is 0.350. The minimum atomic E-state index is -0.204. The molecule has 1 unspecified atom stereocenters. The maximum Gasteiger partial charge on any atom is 0.241 e. The molecular formula is C20H26ClN3O. The number of para-hydroxylation sites is 1. The molecule has 0 spiro atoms. The van der Waals surface area contributed by atoms with Crippen molar-refractivity contribution in [2.24, 2.45) is 5.73 Å². The number of amides is 1. The van der Waals surface area contributed by atoms with Gasteiger partial charge in [0, 0.05) is 30.7 Å². The lowest BCUT2D eigenvalue weighted by atomic mass is 9.95. The molecule has 1 heterocycles. The van der Waals surface area contributed by atoms with Crippen molar-refractivity contribution in [1.29, 1.82) is 0 Å². The van der Waals surface area contributed by atoms with Crippen LogP contribution in [0.3, 0.4) is 0 Å². The monoisotopic (exact) mass is 359 g/mol. The first-order valence-corrected chi connectivity index (χ1v) is 8.47. The number of nitrogens with zero attached hydrogens (tertiary/aromatic N) is 1. The molecule has 3 rings (SSSR count). The molecule has 1 saturated heterocycles. The molecule has 1 aliphatic rings. The van der Waals surface area contributed by atoms with Gasteiger partial charge < -0.3 is 11.1 Å². The molecule has 3 N–H and O–H groups in total. The minimum absolute atomic E-state index is 0. The second kappa shape index (κ2) is 8.48. The molecule has 1 fully saturated rings. The van der Waals surface area contributed by atoms with E-state index in [0.29, 0.717) is 0 Å². The zero-order chi connectivity index (χ0) is 17.1. The summed E-state index contributed by atoms with van der Waals surface area (Å²) in [5.74, 6) is 0.296. The molecular weight excluding hydrogens is 334 g/mol. The van der Waals surface area contributed by atoms with Crippen molar-refractivity contribution in [2.45, 2.75) is 31.8 Å². The Balaban J connectivity index is 0.00000225. The summed E-state index contributed by atoms with van der Waals surface area (Å²) >= 11 is 0. The van der Waals surface area contributed by atoms with Gasteiger partial charge in [0.25, 0.3) is 0 Å². The Hall–Kier alpha value is -1.88. The number of halogens is 1. The summed E-state index contributed by atoms with van der Waals surface area (Å²) in [6, 6.07) is 18.0. The SMILES string of the molecule is Cc1ccccc1NC(=O)C(C)N1C[C@@H](N)[C@H](c2ccccc2)C1.Cl. The molecule has 3 atom stereocenters. The zero-order valence-corrected chi connectivity index (χ0v) is 15.5. The third kappa shape index (κ3) is 4.40. The van der Waals surface area contributed by atoms with Crippen LogP contribution in [0.4, 0.5) is 5.69 Å². The van der Waals surface area contributed by atoms with Crippen LogP contribution < -0.4 is 11.1 Å². The summed E-state index contributed by atoms with van der Waals surface area (Å²) in [7, 11) is 0. The first-order valence-electron chi connectivity index (χ1n) is 8.47. The van der Waals surface area contributed by atoms with Crippen molar-refractivity contribution in [2.75, 3.05) is 18.4 Å². The van der Waals surface area contributed by atoms with Crippen LogP contribution >= 0.6 is 12.4 Å². The highest BCUT2D eigenvalue weighted by molar-refractivity contribution is 5.95. The van der Waals surface area contributed by atoms with Crippen LogP contribution in [0.25, 0.3) is 0 Å². The van der Waals surface area contributed by atoms with Crippen LogP contribution in [0, 0.1) is 6.92 Å². The summed E-state index contributed by atoms with van der Waals surface area (Å²) in [6.07, 6.45) is 0. The molecule has 0 bridgehead atoms. The average molecular weight is 360 g/mol. The van der Waals surface area contributed by atoms with Crippen LogP contribution in [0.2, 0.25) is 0 Å². The van der Waals surface area contributed by atoms with Gasteiger partial charge in [0.05, 0.1) is 6.04 Å². The second-order valence-corrected chi connectivity index (χ2v) is 6.62. The predicted octanol–water partition coefficient (Wildman–Crippen LogP) is 3.17. The highest BCUT2D eigenvalue weighted by Gasteiger charge is 2.35. The number of anilines is 1. The van der Waals surface area contributed by atoms with E-state index in [4.69, 9.17) is 5.73 Å². The Labute approximate surface area is 155 Å². The first kappa shape index (κ1) is 19.4. The van der Waals surface area contributed by atoms with E-state index >= 15 is 0 Å². The van der Waals surface area contributed by atoms with E-state index in [1.807, 2.05) is 56.3 Å². The van der Waals surface area contributed by atoms with Gasteiger partial charge in [-0.2, -0.15) is 0 Å². The van der Waals surface area contributed by atoms with Crippen LogP contribution in [-0.2, 0) is 4.79 Å². The van der Waals surface area contributed by atoms with E-state index in [9.17, 15) is 4.79 Å². The minimum Gasteiger partial charge on any atom is -0.326 e. The molecule has 4 nitrogen and oxygen atoms in total. The highest BCUT2D eigenvalue weighted by atomic mass is 35.5. The number of carbonyl (C=O) groups is 1. The van der Waals surface area contributed by atoms with E-state index in [0.717, 1.165) is 24.3 Å². The van der Waals surface area contributed by atoms with Gasteiger partial charge >= 0.3 is 0 Å². The van der Waals surface area contributed by atoms with Crippen molar-refractivity contribution in [3.05, 3.63) is 65.7 Å². The standard InChI is InChI=1S/C20H25N3O.ClH/c1-14-8-6-7-11-19(14)22-20(24)15(2)23-12-17(18(21)13-23)16-9-4-3-5-10-16;/h3-11,15,17-18H,12-13,21H2,1-2H3,(H,22,24);1H/t15?,17-,18+;/m0./s1. The Morgan fingerprint density at radius 1 is 1.12 bits per heavy atom. The second-order valence-electron chi connectivity index (χ2n) is 6.62. The molecule has 1 aliphatic heterocycles. The Bertz CT molecular complexity index is 707. The topological polar surface area (TPSA) is 58.4 Å². The van der Waals surface area contributed by atoms with Crippen molar-refractivity contribution in [3.8, 4) is 0 Å². The maximum absolute atomic E-state index is 12.6. The molecule has 5 heteroatoms. The fourth-order valence-electron chi connectivity index (χ4n) is 3.35. The van der Waals surface area contributed by atoms with Crippen LogP contribution in [-0.4, -0.2) is 36.0 Å². The summed E-state index contributed by atoms with van der Waals surface area (Å²) in [5, 5.41) is 3.03. The van der Waals surface area contributed by atoms with Crippen molar-refractivity contribution >= 4 is 24.0 Å². The number of nitrogens with one attached hydrogen (secondary N) is 1. The predicted molar refractivity (Wildman–Crippen MR) is 105 cm³/mol. The van der Waals surface area contributed by atoms with Crippen LogP contribution in [0.5, 0.6) is 0 Å². The number of benzene rings is 2. The normalized spacial score (nSPS) is 21.4. The quantitative estimate of drug-likeness (QED) is 0.881. The molecule has 0 aromatic heterocycles. The molecule has 0 saturated carbocycles. The molecule has 1 amide bonds. The number of aryl methyl sites for hydroxylation is 1. The molecule has 0 aliphatic carbocycles. The molecule has 2 aromatic rings. The van der Waals surface area contributed by atoms with Crippen LogP contribution in [0.15, 0.2) is 54.6 Å². The number of likely N-dealkylation sites (tertiary alicyclic amines) is 1.